The number of nitrogens with one attached hydrogen (secondary N) is 1. The van der Waals surface area contributed by atoms with Gasteiger partial charge in [0.2, 0.25) is 5.91 Å². The number of aryl methyl sites for hydroxylation is 1. The number of benzene rings is 2. The lowest BCUT2D eigenvalue weighted by atomic mass is 10.1. The Balaban J connectivity index is 1.40. The van der Waals surface area contributed by atoms with Gasteiger partial charge in [-0.3, -0.25) is 9.20 Å². The highest BCUT2D eigenvalue weighted by molar-refractivity contribution is 7.99. The first-order chi connectivity index (χ1) is 13.6. The van der Waals surface area contributed by atoms with Crippen LogP contribution in [-0.4, -0.2) is 32.8 Å². The summed E-state index contributed by atoms with van der Waals surface area (Å²) in [5.74, 6) is 0.274. The Morgan fingerprint density at radius 2 is 1.93 bits per heavy atom. The maximum absolute atomic E-state index is 12.2. The topological polar surface area (TPSA) is 59.3 Å². The number of thioether (sulfide) groups is 1. The number of carbonyl (C=O) groups excluding carboxylic acids is 1. The maximum Gasteiger partial charge on any atom is 0.230 e. The fourth-order valence-electron chi connectivity index (χ4n) is 3.15. The molecule has 2 aromatic carbocycles. The lowest BCUT2D eigenvalue weighted by Gasteiger charge is -2.08. The van der Waals surface area contributed by atoms with Gasteiger partial charge in [-0.25, -0.2) is 0 Å². The van der Waals surface area contributed by atoms with Crippen LogP contribution in [0, 0.1) is 6.92 Å². The predicted octanol–water partition coefficient (Wildman–Crippen LogP) is 4.30. The molecule has 28 heavy (non-hydrogen) atoms. The van der Waals surface area contributed by atoms with Crippen molar-refractivity contribution >= 4 is 45.8 Å². The average molecular weight is 411 g/mol. The minimum atomic E-state index is -0.0212. The Morgan fingerprint density at radius 3 is 2.75 bits per heavy atom. The first-order valence-electron chi connectivity index (χ1n) is 8.99. The van der Waals surface area contributed by atoms with E-state index in [9.17, 15) is 4.79 Å². The number of amides is 1. The molecule has 0 unspecified atom stereocenters. The van der Waals surface area contributed by atoms with Crippen molar-refractivity contribution in [3.8, 4) is 0 Å². The molecule has 1 amide bonds. The molecular weight excluding hydrogens is 392 g/mol. The molecule has 0 aliphatic rings. The summed E-state index contributed by atoms with van der Waals surface area (Å²) >= 11 is 7.28. The zero-order valence-corrected chi connectivity index (χ0v) is 16.9. The van der Waals surface area contributed by atoms with Crippen molar-refractivity contribution in [3.05, 3.63) is 70.7 Å². The summed E-state index contributed by atoms with van der Waals surface area (Å²) in [5.41, 5.74) is 4.14. The fraction of sp³-hybridized carbons (Fsp3) is 0.190. The van der Waals surface area contributed by atoms with Crippen LogP contribution in [0.4, 0.5) is 0 Å². The van der Waals surface area contributed by atoms with Gasteiger partial charge < -0.3 is 5.32 Å². The highest BCUT2D eigenvalue weighted by atomic mass is 35.5. The number of carbonyl (C=O) groups is 1. The minimum absolute atomic E-state index is 0.0212. The molecule has 0 atom stereocenters. The molecular formula is C21H19ClN4OS. The van der Waals surface area contributed by atoms with E-state index in [2.05, 4.69) is 34.6 Å². The van der Waals surface area contributed by atoms with Crippen LogP contribution in [-0.2, 0) is 11.2 Å². The number of hydrogen-bond acceptors (Lipinski definition) is 4. The monoisotopic (exact) mass is 410 g/mol. The van der Waals surface area contributed by atoms with Crippen molar-refractivity contribution in [2.24, 2.45) is 0 Å². The van der Waals surface area contributed by atoms with E-state index < -0.39 is 0 Å². The molecule has 0 radical (unpaired) electrons. The molecule has 0 aliphatic heterocycles. The summed E-state index contributed by atoms with van der Waals surface area (Å²) in [6, 6.07) is 17.8. The zero-order valence-electron chi connectivity index (χ0n) is 15.4. The molecule has 0 fully saturated rings. The van der Waals surface area contributed by atoms with E-state index in [0.29, 0.717) is 17.3 Å². The van der Waals surface area contributed by atoms with Crippen molar-refractivity contribution < 1.29 is 4.79 Å². The fourth-order valence-corrected chi connectivity index (χ4v) is 4.05. The molecule has 0 spiro atoms. The van der Waals surface area contributed by atoms with Gasteiger partial charge in [0.15, 0.2) is 10.8 Å². The maximum atomic E-state index is 12.2. The van der Waals surface area contributed by atoms with Crippen LogP contribution in [0.25, 0.3) is 16.6 Å². The van der Waals surface area contributed by atoms with Gasteiger partial charge in [0.25, 0.3) is 0 Å². The number of hydrogen-bond donors (Lipinski definition) is 1. The second kappa shape index (κ2) is 8.20. The first-order valence-corrected chi connectivity index (χ1v) is 10.4. The quantitative estimate of drug-likeness (QED) is 0.481. The number of fused-ring (bicyclic) bond motifs is 3. The molecule has 0 saturated heterocycles. The van der Waals surface area contributed by atoms with E-state index in [-0.39, 0.29) is 5.91 Å². The molecule has 5 nitrogen and oxygen atoms in total. The zero-order chi connectivity index (χ0) is 19.5. The smallest absolute Gasteiger partial charge is 0.230 e. The standard InChI is InChI=1S/C21H19ClN4OS/c1-14-12-19-24-25-21(26(19)18-5-3-2-4-17(14)18)28-13-20(27)23-11-10-15-6-8-16(22)9-7-15/h2-9,12H,10-11,13H2,1H3,(H,23,27). The molecule has 4 rings (SSSR count). The Labute approximate surface area is 172 Å². The van der Waals surface area contributed by atoms with Gasteiger partial charge in [-0.2, -0.15) is 0 Å². The number of halogens is 1. The lowest BCUT2D eigenvalue weighted by Crippen LogP contribution is -2.27. The summed E-state index contributed by atoms with van der Waals surface area (Å²) in [6.45, 7) is 2.65. The number of nitrogens with zero attached hydrogens (tertiary/aromatic N) is 3. The van der Waals surface area contributed by atoms with Crippen LogP contribution in [0.5, 0.6) is 0 Å². The van der Waals surface area contributed by atoms with Crippen LogP contribution < -0.4 is 5.32 Å². The Morgan fingerprint density at radius 1 is 1.14 bits per heavy atom. The van der Waals surface area contributed by atoms with E-state index in [0.717, 1.165) is 39.3 Å². The van der Waals surface area contributed by atoms with Gasteiger partial charge in [-0.15, -0.1) is 10.2 Å². The van der Waals surface area contributed by atoms with Gasteiger partial charge >= 0.3 is 0 Å². The van der Waals surface area contributed by atoms with E-state index in [1.165, 1.54) is 11.8 Å². The third-order valence-corrected chi connectivity index (χ3v) is 5.74. The SMILES string of the molecule is Cc1cc2nnc(SCC(=O)NCCc3ccc(Cl)cc3)n2c2ccccc12. The van der Waals surface area contributed by atoms with Crippen molar-refractivity contribution in [2.75, 3.05) is 12.3 Å². The largest absolute Gasteiger partial charge is 0.355 e. The van der Waals surface area contributed by atoms with Gasteiger partial charge in [0.05, 0.1) is 11.3 Å². The molecule has 0 aliphatic carbocycles. The minimum Gasteiger partial charge on any atom is -0.355 e. The van der Waals surface area contributed by atoms with Crippen molar-refractivity contribution in [1.29, 1.82) is 0 Å². The van der Waals surface area contributed by atoms with Crippen LogP contribution in [0.15, 0.2) is 59.8 Å². The summed E-state index contributed by atoms with van der Waals surface area (Å²) in [7, 11) is 0. The Kier molecular flexibility index (Phi) is 5.50. The normalized spacial score (nSPS) is 11.2. The summed E-state index contributed by atoms with van der Waals surface area (Å²) in [4.78, 5) is 12.2. The van der Waals surface area contributed by atoms with Crippen molar-refractivity contribution in [1.82, 2.24) is 19.9 Å². The van der Waals surface area contributed by atoms with Gasteiger partial charge in [-0.1, -0.05) is 53.7 Å². The lowest BCUT2D eigenvalue weighted by molar-refractivity contribution is -0.118. The van der Waals surface area contributed by atoms with Crippen LogP contribution in [0.2, 0.25) is 5.02 Å². The van der Waals surface area contributed by atoms with Crippen LogP contribution >= 0.6 is 23.4 Å². The molecule has 2 heterocycles. The molecule has 2 aromatic heterocycles. The second-order valence-electron chi connectivity index (χ2n) is 6.54. The third-order valence-electron chi connectivity index (χ3n) is 4.56. The highest BCUT2D eigenvalue weighted by Gasteiger charge is 2.13. The highest BCUT2D eigenvalue weighted by Crippen LogP contribution is 2.25. The molecule has 0 saturated carbocycles. The van der Waals surface area contributed by atoms with E-state index in [1.807, 2.05) is 46.9 Å². The van der Waals surface area contributed by atoms with E-state index in [4.69, 9.17) is 11.6 Å². The van der Waals surface area contributed by atoms with E-state index >= 15 is 0 Å². The van der Waals surface area contributed by atoms with E-state index in [1.54, 1.807) is 0 Å². The molecule has 1 N–H and O–H groups in total. The van der Waals surface area contributed by atoms with Gasteiger partial charge in [-0.05, 0) is 48.7 Å². The van der Waals surface area contributed by atoms with Crippen LogP contribution in [0.3, 0.4) is 0 Å². The number of aromatic nitrogens is 3. The van der Waals surface area contributed by atoms with Gasteiger partial charge in [0.1, 0.15) is 0 Å². The molecule has 7 heteroatoms. The van der Waals surface area contributed by atoms with Crippen molar-refractivity contribution in [2.45, 2.75) is 18.5 Å². The summed E-state index contributed by atoms with van der Waals surface area (Å²) in [5, 5.41) is 14.1. The molecule has 142 valence electrons. The third kappa shape index (κ3) is 3.98. The average Bonchev–Trinajstić information content (AvgIpc) is 3.11. The Hall–Kier alpha value is -2.57. The second-order valence-corrected chi connectivity index (χ2v) is 7.91. The number of para-hydroxylation sites is 1. The van der Waals surface area contributed by atoms with Crippen LogP contribution in [0.1, 0.15) is 11.1 Å². The summed E-state index contributed by atoms with van der Waals surface area (Å²) < 4.78 is 2.01. The number of pyridine rings is 1. The summed E-state index contributed by atoms with van der Waals surface area (Å²) in [6.07, 6.45) is 0.769. The van der Waals surface area contributed by atoms with Crippen molar-refractivity contribution in [3.63, 3.8) is 0 Å². The Bertz CT molecular complexity index is 1140. The van der Waals surface area contributed by atoms with Gasteiger partial charge in [0, 0.05) is 17.0 Å². The first kappa shape index (κ1) is 18.8. The molecule has 4 aromatic rings. The predicted molar refractivity (Wildman–Crippen MR) is 114 cm³/mol. The molecule has 0 bridgehead atoms. The number of rotatable bonds is 6.